The van der Waals surface area contributed by atoms with E-state index in [4.69, 9.17) is 0 Å². The Morgan fingerprint density at radius 2 is 1.84 bits per heavy atom. The van der Waals surface area contributed by atoms with Crippen LogP contribution in [0.4, 0.5) is 0 Å². The molecule has 2 aromatic rings. The fraction of sp³-hybridized carbons (Fsp3) is 0.467. The highest BCUT2D eigenvalue weighted by Gasteiger charge is 2.31. The van der Waals surface area contributed by atoms with E-state index in [2.05, 4.69) is 15.5 Å². The van der Waals surface area contributed by atoms with Crippen molar-refractivity contribution in [2.75, 3.05) is 32.4 Å². The van der Waals surface area contributed by atoms with E-state index in [-0.39, 0.29) is 5.91 Å². The van der Waals surface area contributed by atoms with Crippen LogP contribution in [-0.2, 0) is 21.2 Å². The first kappa shape index (κ1) is 17.5. The Kier molecular flexibility index (Phi) is 5.09. The molecule has 1 aromatic heterocycles. The molecule has 0 spiro atoms. The van der Waals surface area contributed by atoms with Gasteiger partial charge < -0.3 is 4.90 Å². The largest absolute Gasteiger partial charge is 0.338 e. The van der Waals surface area contributed by atoms with Gasteiger partial charge in [0.25, 0.3) is 0 Å². The molecule has 1 atom stereocenters. The minimum atomic E-state index is -3.23. The predicted molar refractivity (Wildman–Crippen MR) is 90.0 cm³/mol. The minimum Gasteiger partial charge on any atom is -0.338 e. The maximum absolute atomic E-state index is 13.0. The van der Waals surface area contributed by atoms with Gasteiger partial charge in [-0.3, -0.25) is 4.79 Å². The number of aromatic nitrogens is 4. The number of amides is 1. The molecule has 10 heteroatoms. The third-order valence-electron chi connectivity index (χ3n) is 4.26. The minimum absolute atomic E-state index is 0.107. The molecule has 0 saturated carbocycles. The Hall–Kier alpha value is -2.33. The van der Waals surface area contributed by atoms with E-state index >= 15 is 0 Å². The smallest absolute Gasteiger partial charge is 0.248 e. The van der Waals surface area contributed by atoms with Crippen molar-refractivity contribution in [3.05, 3.63) is 42.2 Å². The zero-order chi connectivity index (χ0) is 17.9. The summed E-state index contributed by atoms with van der Waals surface area (Å²) in [5.41, 5.74) is 1.01. The van der Waals surface area contributed by atoms with Crippen LogP contribution < -0.4 is 0 Å². The van der Waals surface area contributed by atoms with Crippen LogP contribution in [0.1, 0.15) is 11.6 Å². The molecule has 3 rings (SSSR count). The van der Waals surface area contributed by atoms with E-state index in [9.17, 15) is 13.2 Å². The third kappa shape index (κ3) is 4.20. The monoisotopic (exact) mass is 364 g/mol. The summed E-state index contributed by atoms with van der Waals surface area (Å²) in [5, 5.41) is 11.1. The van der Waals surface area contributed by atoms with Crippen LogP contribution in [0.2, 0.25) is 0 Å². The second-order valence-electron chi connectivity index (χ2n) is 5.98. The topological polar surface area (TPSA) is 101 Å². The van der Waals surface area contributed by atoms with Gasteiger partial charge >= 0.3 is 0 Å². The van der Waals surface area contributed by atoms with Gasteiger partial charge in [0.1, 0.15) is 12.4 Å². The fourth-order valence-corrected chi connectivity index (χ4v) is 3.72. The third-order valence-corrected chi connectivity index (χ3v) is 5.56. The zero-order valence-corrected chi connectivity index (χ0v) is 14.7. The van der Waals surface area contributed by atoms with Crippen molar-refractivity contribution in [1.82, 2.24) is 29.4 Å². The highest BCUT2D eigenvalue weighted by molar-refractivity contribution is 7.88. The van der Waals surface area contributed by atoms with E-state index in [1.54, 1.807) is 4.90 Å². The number of hydrogen-bond donors (Lipinski definition) is 0. The number of sulfonamides is 1. The highest BCUT2D eigenvalue weighted by Crippen LogP contribution is 2.18. The number of carbonyl (C=O) groups excluding carboxylic acids is 1. The van der Waals surface area contributed by atoms with E-state index in [0.29, 0.717) is 32.6 Å². The Labute approximate surface area is 146 Å². The second kappa shape index (κ2) is 7.28. The summed E-state index contributed by atoms with van der Waals surface area (Å²) in [6, 6.07) is 9.10. The lowest BCUT2D eigenvalue weighted by Crippen LogP contribution is -2.52. The molecule has 1 saturated heterocycles. The van der Waals surface area contributed by atoms with Gasteiger partial charge in [0.2, 0.25) is 15.9 Å². The SMILES string of the molecule is CS(=O)(=O)N1CCN(C(=O)C(Cc2ccccc2)n2cnnn2)CC1. The first-order valence-corrected chi connectivity index (χ1v) is 9.80. The maximum atomic E-state index is 13.0. The predicted octanol–water partition coefficient (Wildman–Crippen LogP) is -0.439. The standard InChI is InChI=1S/C15H20N6O3S/c1-25(23,24)20-9-7-19(8-10-20)15(22)14(21-12-16-17-18-21)11-13-5-3-2-4-6-13/h2-6,12,14H,7-11H2,1H3. The number of tetrazole rings is 1. The number of hydrogen-bond acceptors (Lipinski definition) is 6. The van der Waals surface area contributed by atoms with Crippen LogP contribution in [-0.4, -0.2) is 76.2 Å². The maximum Gasteiger partial charge on any atom is 0.248 e. The molecule has 1 fully saturated rings. The van der Waals surface area contributed by atoms with Crippen molar-refractivity contribution in [3.8, 4) is 0 Å². The summed E-state index contributed by atoms with van der Waals surface area (Å²) in [6.45, 7) is 1.33. The van der Waals surface area contributed by atoms with Crippen molar-refractivity contribution in [3.63, 3.8) is 0 Å². The molecular formula is C15H20N6O3S. The molecule has 1 aliphatic heterocycles. The number of rotatable bonds is 5. The molecule has 1 unspecified atom stereocenters. The summed E-state index contributed by atoms with van der Waals surface area (Å²) in [4.78, 5) is 14.7. The van der Waals surface area contributed by atoms with Gasteiger partial charge in [-0.2, -0.15) is 4.31 Å². The van der Waals surface area contributed by atoms with Crippen LogP contribution in [0.15, 0.2) is 36.7 Å². The quantitative estimate of drug-likeness (QED) is 0.713. The van der Waals surface area contributed by atoms with Crippen LogP contribution >= 0.6 is 0 Å². The van der Waals surface area contributed by atoms with Gasteiger partial charge in [0.05, 0.1) is 6.26 Å². The van der Waals surface area contributed by atoms with Gasteiger partial charge in [0, 0.05) is 32.6 Å². The molecule has 134 valence electrons. The average molecular weight is 364 g/mol. The van der Waals surface area contributed by atoms with E-state index in [1.807, 2.05) is 30.3 Å². The van der Waals surface area contributed by atoms with Crippen molar-refractivity contribution in [2.24, 2.45) is 0 Å². The van der Waals surface area contributed by atoms with Crippen molar-refractivity contribution in [1.29, 1.82) is 0 Å². The number of carbonyl (C=O) groups is 1. The van der Waals surface area contributed by atoms with Gasteiger partial charge in [-0.05, 0) is 16.0 Å². The number of nitrogens with zero attached hydrogens (tertiary/aromatic N) is 6. The molecule has 1 aliphatic rings. The highest BCUT2D eigenvalue weighted by atomic mass is 32.2. The Bertz CT molecular complexity index is 801. The Morgan fingerprint density at radius 1 is 1.16 bits per heavy atom. The van der Waals surface area contributed by atoms with Crippen LogP contribution in [0.5, 0.6) is 0 Å². The number of piperazine rings is 1. The Balaban J connectivity index is 1.74. The molecule has 0 radical (unpaired) electrons. The summed E-state index contributed by atoms with van der Waals surface area (Å²) in [7, 11) is -3.23. The van der Waals surface area contributed by atoms with E-state index in [1.165, 1.54) is 21.6 Å². The van der Waals surface area contributed by atoms with Gasteiger partial charge in [-0.25, -0.2) is 13.1 Å². The molecule has 1 amide bonds. The van der Waals surface area contributed by atoms with Crippen LogP contribution in [0.3, 0.4) is 0 Å². The number of benzene rings is 1. The van der Waals surface area contributed by atoms with Gasteiger partial charge in [-0.1, -0.05) is 30.3 Å². The first-order chi connectivity index (χ1) is 11.9. The molecule has 0 bridgehead atoms. The lowest BCUT2D eigenvalue weighted by atomic mass is 10.0. The fourth-order valence-electron chi connectivity index (χ4n) is 2.89. The molecule has 0 aliphatic carbocycles. The summed E-state index contributed by atoms with van der Waals surface area (Å²) < 4.78 is 26.1. The van der Waals surface area contributed by atoms with E-state index in [0.717, 1.165) is 5.56 Å². The molecular weight excluding hydrogens is 344 g/mol. The Morgan fingerprint density at radius 3 is 2.40 bits per heavy atom. The van der Waals surface area contributed by atoms with Crippen LogP contribution in [0.25, 0.3) is 0 Å². The summed E-state index contributed by atoms with van der Waals surface area (Å²) in [6.07, 6.45) is 3.08. The summed E-state index contributed by atoms with van der Waals surface area (Å²) in [5.74, 6) is -0.107. The summed E-state index contributed by atoms with van der Waals surface area (Å²) >= 11 is 0. The second-order valence-corrected chi connectivity index (χ2v) is 7.97. The normalized spacial score (nSPS) is 17.4. The molecule has 25 heavy (non-hydrogen) atoms. The van der Waals surface area contributed by atoms with Crippen molar-refractivity contribution < 1.29 is 13.2 Å². The van der Waals surface area contributed by atoms with E-state index < -0.39 is 16.1 Å². The molecule has 1 aromatic carbocycles. The first-order valence-electron chi connectivity index (χ1n) is 7.95. The van der Waals surface area contributed by atoms with Crippen LogP contribution in [0, 0.1) is 0 Å². The van der Waals surface area contributed by atoms with Crippen molar-refractivity contribution in [2.45, 2.75) is 12.5 Å². The lowest BCUT2D eigenvalue weighted by molar-refractivity contribution is -0.136. The zero-order valence-electron chi connectivity index (χ0n) is 13.9. The molecule has 2 heterocycles. The van der Waals surface area contributed by atoms with Gasteiger partial charge in [0.15, 0.2) is 0 Å². The van der Waals surface area contributed by atoms with Crippen molar-refractivity contribution >= 4 is 15.9 Å². The average Bonchev–Trinajstić information content (AvgIpc) is 3.14. The molecule has 0 N–H and O–H groups in total. The lowest BCUT2D eigenvalue weighted by Gasteiger charge is -2.35. The molecule has 9 nitrogen and oxygen atoms in total. The van der Waals surface area contributed by atoms with Gasteiger partial charge in [-0.15, -0.1) is 5.10 Å².